The van der Waals surface area contributed by atoms with Crippen LogP contribution in [0.15, 0.2) is 30.6 Å². The Bertz CT molecular complexity index is 557. The molecule has 0 saturated carbocycles. The molecule has 5 nitrogen and oxygen atoms in total. The highest BCUT2D eigenvalue weighted by molar-refractivity contribution is 5.89. The van der Waals surface area contributed by atoms with Crippen LogP contribution < -0.4 is 4.74 Å². The van der Waals surface area contributed by atoms with Crippen LogP contribution in [0.5, 0.6) is 5.75 Å². The minimum atomic E-state index is -0.484. The number of methoxy groups -OCH3 is 1. The SMILES string of the molecule is COc1ccc2c(C=C[N+](=O)[O-])c[nH]c2c1. The summed E-state index contributed by atoms with van der Waals surface area (Å²) in [6.07, 6.45) is 4.11. The van der Waals surface area contributed by atoms with E-state index in [1.165, 1.54) is 6.08 Å². The summed E-state index contributed by atoms with van der Waals surface area (Å²) in [6, 6.07) is 5.53. The lowest BCUT2D eigenvalue weighted by Crippen LogP contribution is -1.82. The molecule has 0 aliphatic heterocycles. The lowest BCUT2D eigenvalue weighted by molar-refractivity contribution is -0.400. The molecule has 1 aromatic heterocycles. The van der Waals surface area contributed by atoms with Gasteiger partial charge in [0.15, 0.2) is 0 Å². The van der Waals surface area contributed by atoms with Crippen molar-refractivity contribution in [3.8, 4) is 5.75 Å². The van der Waals surface area contributed by atoms with E-state index < -0.39 is 4.92 Å². The summed E-state index contributed by atoms with van der Waals surface area (Å²) in [6.45, 7) is 0. The quantitative estimate of drug-likeness (QED) is 0.635. The summed E-state index contributed by atoms with van der Waals surface area (Å²) in [5.41, 5.74) is 1.68. The van der Waals surface area contributed by atoms with Crippen LogP contribution in [0.2, 0.25) is 0 Å². The standard InChI is InChI=1S/C11H10N2O3/c1-16-9-2-3-10-8(4-5-13(14)15)7-12-11(10)6-9/h2-7,12H,1H3. The van der Waals surface area contributed by atoms with Crippen molar-refractivity contribution in [2.45, 2.75) is 0 Å². The van der Waals surface area contributed by atoms with Crippen LogP contribution in [0.4, 0.5) is 0 Å². The van der Waals surface area contributed by atoms with Crippen molar-refractivity contribution in [3.63, 3.8) is 0 Å². The molecule has 0 aliphatic rings. The fourth-order valence-electron chi connectivity index (χ4n) is 1.53. The van der Waals surface area contributed by atoms with Crippen molar-refractivity contribution in [2.75, 3.05) is 7.11 Å². The molecule has 0 atom stereocenters. The lowest BCUT2D eigenvalue weighted by Gasteiger charge is -1.98. The van der Waals surface area contributed by atoms with E-state index in [0.717, 1.165) is 28.4 Å². The third-order valence-electron chi connectivity index (χ3n) is 2.30. The number of hydrogen-bond donors (Lipinski definition) is 1. The van der Waals surface area contributed by atoms with Crippen molar-refractivity contribution in [1.29, 1.82) is 0 Å². The van der Waals surface area contributed by atoms with Gasteiger partial charge in [-0.25, -0.2) is 0 Å². The monoisotopic (exact) mass is 218 g/mol. The molecule has 0 radical (unpaired) electrons. The van der Waals surface area contributed by atoms with Gasteiger partial charge in [-0.1, -0.05) is 0 Å². The van der Waals surface area contributed by atoms with Gasteiger partial charge in [0, 0.05) is 34.8 Å². The Morgan fingerprint density at radius 3 is 3.00 bits per heavy atom. The molecular formula is C11H10N2O3. The maximum absolute atomic E-state index is 10.2. The molecule has 2 aromatic rings. The average Bonchev–Trinajstić information content (AvgIpc) is 2.68. The number of aromatic nitrogens is 1. The summed E-state index contributed by atoms with van der Waals surface area (Å²) in [5.74, 6) is 0.749. The molecular weight excluding hydrogens is 208 g/mol. The van der Waals surface area contributed by atoms with Gasteiger partial charge in [0.2, 0.25) is 6.20 Å². The largest absolute Gasteiger partial charge is 0.497 e. The average molecular weight is 218 g/mol. The first kappa shape index (κ1) is 10.2. The van der Waals surface area contributed by atoms with Crippen LogP contribution in [-0.4, -0.2) is 17.0 Å². The fraction of sp³-hybridized carbons (Fsp3) is 0.0909. The second kappa shape index (κ2) is 4.06. The maximum atomic E-state index is 10.2. The van der Waals surface area contributed by atoms with E-state index in [1.807, 2.05) is 18.2 Å². The molecule has 0 spiro atoms. The van der Waals surface area contributed by atoms with Gasteiger partial charge in [-0.15, -0.1) is 0 Å². The van der Waals surface area contributed by atoms with E-state index in [4.69, 9.17) is 4.74 Å². The topological polar surface area (TPSA) is 68.2 Å². The van der Waals surface area contributed by atoms with Gasteiger partial charge >= 0.3 is 0 Å². The number of aromatic amines is 1. The Kier molecular flexibility index (Phi) is 2.59. The van der Waals surface area contributed by atoms with Gasteiger partial charge in [0.05, 0.1) is 12.0 Å². The molecule has 5 heteroatoms. The van der Waals surface area contributed by atoms with E-state index in [1.54, 1.807) is 13.3 Å². The molecule has 1 heterocycles. The van der Waals surface area contributed by atoms with E-state index in [-0.39, 0.29) is 0 Å². The summed E-state index contributed by atoms with van der Waals surface area (Å²) >= 11 is 0. The second-order valence-electron chi connectivity index (χ2n) is 3.26. The molecule has 16 heavy (non-hydrogen) atoms. The van der Waals surface area contributed by atoms with Crippen molar-refractivity contribution in [1.82, 2.24) is 4.98 Å². The molecule has 1 N–H and O–H groups in total. The summed E-state index contributed by atoms with van der Waals surface area (Å²) < 4.78 is 5.08. The first-order valence-corrected chi connectivity index (χ1v) is 4.67. The molecule has 0 fully saturated rings. The first-order chi connectivity index (χ1) is 7.70. The Labute approximate surface area is 91.5 Å². The van der Waals surface area contributed by atoms with E-state index in [2.05, 4.69) is 4.98 Å². The van der Waals surface area contributed by atoms with Gasteiger partial charge < -0.3 is 9.72 Å². The van der Waals surface area contributed by atoms with Crippen LogP contribution in [0.25, 0.3) is 17.0 Å². The molecule has 0 aliphatic carbocycles. The highest BCUT2D eigenvalue weighted by Gasteiger charge is 2.03. The third kappa shape index (κ3) is 1.88. The Morgan fingerprint density at radius 1 is 1.50 bits per heavy atom. The predicted molar refractivity (Wildman–Crippen MR) is 60.9 cm³/mol. The fourth-order valence-corrected chi connectivity index (χ4v) is 1.53. The number of fused-ring (bicyclic) bond motifs is 1. The van der Waals surface area contributed by atoms with E-state index >= 15 is 0 Å². The number of nitrogens with one attached hydrogen (secondary N) is 1. The molecule has 0 saturated heterocycles. The number of nitro groups is 1. The zero-order valence-corrected chi connectivity index (χ0v) is 8.64. The third-order valence-corrected chi connectivity index (χ3v) is 2.30. The van der Waals surface area contributed by atoms with Crippen molar-refractivity contribution < 1.29 is 9.66 Å². The Hall–Kier alpha value is -2.30. The number of benzene rings is 1. The van der Waals surface area contributed by atoms with Crippen LogP contribution in [0.3, 0.4) is 0 Å². The number of ether oxygens (including phenoxy) is 1. The van der Waals surface area contributed by atoms with E-state index in [9.17, 15) is 10.1 Å². The van der Waals surface area contributed by atoms with Crippen LogP contribution >= 0.6 is 0 Å². The normalized spacial score (nSPS) is 11.1. The molecule has 0 amide bonds. The summed E-state index contributed by atoms with van der Waals surface area (Å²) in [7, 11) is 1.59. The molecule has 82 valence electrons. The number of hydrogen-bond acceptors (Lipinski definition) is 3. The van der Waals surface area contributed by atoms with Crippen molar-refractivity contribution >= 4 is 17.0 Å². The zero-order valence-electron chi connectivity index (χ0n) is 8.64. The second-order valence-corrected chi connectivity index (χ2v) is 3.26. The lowest BCUT2D eigenvalue weighted by atomic mass is 10.1. The number of nitrogens with zero attached hydrogens (tertiary/aromatic N) is 1. The van der Waals surface area contributed by atoms with Crippen molar-refractivity contribution in [3.05, 3.63) is 46.3 Å². The van der Waals surface area contributed by atoms with Crippen LogP contribution in [-0.2, 0) is 0 Å². The van der Waals surface area contributed by atoms with Gasteiger partial charge in [-0.2, -0.15) is 0 Å². The zero-order chi connectivity index (χ0) is 11.5. The Balaban J connectivity index is 2.45. The smallest absolute Gasteiger partial charge is 0.235 e. The van der Waals surface area contributed by atoms with E-state index in [0.29, 0.717) is 0 Å². The molecule has 2 rings (SSSR count). The van der Waals surface area contributed by atoms with Crippen LogP contribution in [0, 0.1) is 10.1 Å². The minimum absolute atomic E-state index is 0.484. The number of rotatable bonds is 3. The number of H-pyrrole nitrogens is 1. The highest BCUT2D eigenvalue weighted by atomic mass is 16.6. The highest BCUT2D eigenvalue weighted by Crippen LogP contribution is 2.23. The first-order valence-electron chi connectivity index (χ1n) is 4.67. The van der Waals surface area contributed by atoms with Crippen LogP contribution in [0.1, 0.15) is 5.56 Å². The van der Waals surface area contributed by atoms with Gasteiger partial charge in [-0.05, 0) is 12.1 Å². The molecule has 1 aromatic carbocycles. The minimum Gasteiger partial charge on any atom is -0.497 e. The summed E-state index contributed by atoms with van der Waals surface area (Å²) in [4.78, 5) is 12.8. The molecule has 0 bridgehead atoms. The van der Waals surface area contributed by atoms with Gasteiger partial charge in [0.1, 0.15) is 5.75 Å². The van der Waals surface area contributed by atoms with Gasteiger partial charge in [0.25, 0.3) is 0 Å². The maximum Gasteiger partial charge on any atom is 0.235 e. The summed E-state index contributed by atoms with van der Waals surface area (Å²) in [5, 5.41) is 11.1. The molecule has 0 unspecified atom stereocenters. The van der Waals surface area contributed by atoms with Gasteiger partial charge in [-0.3, -0.25) is 10.1 Å². The van der Waals surface area contributed by atoms with Crippen molar-refractivity contribution in [2.24, 2.45) is 0 Å². The Morgan fingerprint density at radius 2 is 2.31 bits per heavy atom. The predicted octanol–water partition coefficient (Wildman–Crippen LogP) is 2.42.